The molecule has 0 aliphatic carbocycles. The zero-order valence-corrected chi connectivity index (χ0v) is 7.29. The highest BCUT2D eigenvalue weighted by atomic mass is 16.5. The number of esters is 1. The van der Waals surface area contributed by atoms with Crippen molar-refractivity contribution in [3.05, 3.63) is 12.2 Å². The molecule has 0 aliphatic rings. The molecule has 6 nitrogen and oxygen atoms in total. The van der Waals surface area contributed by atoms with E-state index in [1.807, 2.05) is 5.32 Å². The minimum absolute atomic E-state index is 0.252. The Bertz CT molecular complexity index is 215. The fourth-order valence-electron chi connectivity index (χ4n) is 0.425. The summed E-state index contributed by atoms with van der Waals surface area (Å²) in [5, 5.41) is 12.5. The molecule has 0 aromatic heterocycles. The van der Waals surface area contributed by atoms with E-state index < -0.39 is 18.7 Å². The fourth-order valence-corrected chi connectivity index (χ4v) is 0.425. The van der Waals surface area contributed by atoms with E-state index in [4.69, 9.17) is 5.11 Å². The van der Waals surface area contributed by atoms with Gasteiger partial charge in [0.25, 0.3) is 0 Å². The minimum Gasteiger partial charge on any atom is -0.441 e. The van der Waals surface area contributed by atoms with E-state index in [1.54, 1.807) is 0 Å². The first-order valence-corrected chi connectivity index (χ1v) is 3.53. The maximum atomic E-state index is 10.7. The lowest BCUT2D eigenvalue weighted by molar-refractivity contribution is -0.139. The molecule has 0 unspecified atom stereocenters. The first kappa shape index (κ1) is 11.4. The molecule has 0 saturated heterocycles. The number of hydrogen-bond donors (Lipinski definition) is 3. The average molecular weight is 188 g/mol. The summed E-state index contributed by atoms with van der Waals surface area (Å²) in [6.07, 6.45) is 0. The first-order valence-electron chi connectivity index (χ1n) is 3.53. The Balaban J connectivity index is 3.50. The number of carbonyl (C=O) groups is 2. The Labute approximate surface area is 75.6 Å². The van der Waals surface area contributed by atoms with Gasteiger partial charge in [0.15, 0.2) is 6.73 Å². The third-order valence-electron chi connectivity index (χ3n) is 1.02. The van der Waals surface area contributed by atoms with Gasteiger partial charge >= 0.3 is 12.0 Å². The lowest BCUT2D eigenvalue weighted by Crippen LogP contribution is -2.37. The van der Waals surface area contributed by atoms with E-state index in [9.17, 15) is 9.59 Å². The van der Waals surface area contributed by atoms with Gasteiger partial charge in [-0.25, -0.2) is 9.59 Å². The van der Waals surface area contributed by atoms with Crippen molar-refractivity contribution in [1.82, 2.24) is 10.6 Å². The van der Waals surface area contributed by atoms with E-state index in [-0.39, 0.29) is 12.3 Å². The van der Waals surface area contributed by atoms with Crippen LogP contribution in [0.3, 0.4) is 0 Å². The second-order valence-corrected chi connectivity index (χ2v) is 2.20. The topological polar surface area (TPSA) is 87.7 Å². The summed E-state index contributed by atoms with van der Waals surface area (Å²) in [4.78, 5) is 21.3. The maximum Gasteiger partial charge on any atom is 0.334 e. The second-order valence-electron chi connectivity index (χ2n) is 2.20. The van der Waals surface area contributed by atoms with Crippen molar-refractivity contribution in [2.24, 2.45) is 0 Å². The van der Waals surface area contributed by atoms with Gasteiger partial charge in [-0.3, -0.25) is 0 Å². The van der Waals surface area contributed by atoms with Crippen LogP contribution in [0.15, 0.2) is 12.2 Å². The highest BCUT2D eigenvalue weighted by Crippen LogP contribution is 1.89. The smallest absolute Gasteiger partial charge is 0.334 e. The van der Waals surface area contributed by atoms with Crippen LogP contribution in [-0.4, -0.2) is 30.6 Å². The molecule has 0 spiro atoms. The third-order valence-corrected chi connectivity index (χ3v) is 1.02. The lowest BCUT2D eigenvalue weighted by Gasteiger charge is -2.06. The molecular formula is C7H12N2O4. The van der Waals surface area contributed by atoms with Gasteiger partial charge in [0.2, 0.25) is 0 Å². The Morgan fingerprint density at radius 3 is 2.54 bits per heavy atom. The summed E-state index contributed by atoms with van der Waals surface area (Å²) in [5.41, 5.74) is 0.254. The van der Waals surface area contributed by atoms with Crippen LogP contribution < -0.4 is 10.6 Å². The lowest BCUT2D eigenvalue weighted by atomic mass is 10.4. The normalized spacial score (nSPS) is 8.77. The predicted octanol–water partition coefficient (Wildman–Crippen LogP) is -0.688. The SMILES string of the molecule is C=C(C)C(=O)OCNC(=O)NCO. The predicted molar refractivity (Wildman–Crippen MR) is 44.5 cm³/mol. The monoisotopic (exact) mass is 188 g/mol. The Morgan fingerprint density at radius 2 is 2.08 bits per heavy atom. The fraction of sp³-hybridized carbons (Fsp3) is 0.429. The van der Waals surface area contributed by atoms with Gasteiger partial charge in [-0.1, -0.05) is 6.58 Å². The number of urea groups is 1. The summed E-state index contributed by atoms with van der Waals surface area (Å²) in [6, 6.07) is -0.614. The number of aliphatic hydroxyl groups excluding tert-OH is 1. The van der Waals surface area contributed by atoms with Crippen molar-refractivity contribution in [2.75, 3.05) is 13.5 Å². The number of aliphatic hydroxyl groups is 1. The number of amides is 2. The minimum atomic E-state index is -0.614. The van der Waals surface area contributed by atoms with Crippen molar-refractivity contribution in [2.45, 2.75) is 6.92 Å². The molecule has 0 aromatic rings. The van der Waals surface area contributed by atoms with Crippen molar-refractivity contribution in [3.8, 4) is 0 Å². The van der Waals surface area contributed by atoms with Gasteiger partial charge < -0.3 is 20.5 Å². The molecular weight excluding hydrogens is 176 g/mol. The molecule has 3 N–H and O–H groups in total. The van der Waals surface area contributed by atoms with E-state index >= 15 is 0 Å². The van der Waals surface area contributed by atoms with Crippen LogP contribution in [0, 0.1) is 0 Å². The number of carbonyl (C=O) groups excluding carboxylic acids is 2. The molecule has 0 saturated carbocycles. The van der Waals surface area contributed by atoms with Crippen LogP contribution in [0.5, 0.6) is 0 Å². The van der Waals surface area contributed by atoms with E-state index in [0.717, 1.165) is 0 Å². The second kappa shape index (κ2) is 6.01. The van der Waals surface area contributed by atoms with Crippen LogP contribution in [-0.2, 0) is 9.53 Å². The van der Waals surface area contributed by atoms with E-state index in [1.165, 1.54) is 6.92 Å². The number of nitrogens with one attached hydrogen (secondary N) is 2. The van der Waals surface area contributed by atoms with Gasteiger partial charge in [0.1, 0.15) is 6.73 Å². The third kappa shape index (κ3) is 5.68. The number of hydrogen-bond acceptors (Lipinski definition) is 4. The standard InChI is InChI=1S/C7H12N2O4/c1-5(2)6(11)13-4-9-7(12)8-3-10/h10H,1,3-4H2,2H3,(H2,8,9,12). The molecule has 13 heavy (non-hydrogen) atoms. The van der Waals surface area contributed by atoms with Crippen molar-refractivity contribution < 1.29 is 19.4 Å². The Kier molecular flexibility index (Phi) is 5.29. The highest BCUT2D eigenvalue weighted by Gasteiger charge is 2.03. The van der Waals surface area contributed by atoms with Gasteiger partial charge in [0.05, 0.1) is 0 Å². The maximum absolute atomic E-state index is 10.7. The Morgan fingerprint density at radius 1 is 1.46 bits per heavy atom. The molecule has 0 rings (SSSR count). The van der Waals surface area contributed by atoms with Crippen LogP contribution in [0.2, 0.25) is 0 Å². The van der Waals surface area contributed by atoms with Gasteiger partial charge in [0, 0.05) is 5.57 Å². The van der Waals surface area contributed by atoms with Crippen LogP contribution in [0.4, 0.5) is 4.79 Å². The van der Waals surface area contributed by atoms with Crippen LogP contribution in [0.1, 0.15) is 6.92 Å². The molecule has 0 fully saturated rings. The molecule has 6 heteroatoms. The van der Waals surface area contributed by atoms with Crippen molar-refractivity contribution in [3.63, 3.8) is 0 Å². The zero-order chi connectivity index (χ0) is 10.3. The Hall–Kier alpha value is -1.56. The van der Waals surface area contributed by atoms with Gasteiger partial charge in [-0.15, -0.1) is 0 Å². The molecule has 0 aliphatic heterocycles. The summed E-state index contributed by atoms with van der Waals surface area (Å²) in [7, 11) is 0. The summed E-state index contributed by atoms with van der Waals surface area (Å²) in [6.45, 7) is 4.12. The van der Waals surface area contributed by atoms with Gasteiger partial charge in [-0.2, -0.15) is 0 Å². The number of ether oxygens (including phenoxy) is 1. The van der Waals surface area contributed by atoms with Crippen LogP contribution >= 0.6 is 0 Å². The van der Waals surface area contributed by atoms with Crippen molar-refractivity contribution in [1.29, 1.82) is 0 Å². The molecule has 0 heterocycles. The van der Waals surface area contributed by atoms with Crippen LogP contribution in [0.25, 0.3) is 0 Å². The molecule has 0 radical (unpaired) electrons. The molecule has 0 bridgehead atoms. The molecule has 2 amide bonds. The molecule has 74 valence electrons. The molecule has 0 atom stereocenters. The first-order chi connectivity index (χ1) is 6.07. The average Bonchev–Trinajstić information content (AvgIpc) is 2.04. The van der Waals surface area contributed by atoms with E-state index in [2.05, 4.69) is 16.6 Å². The van der Waals surface area contributed by atoms with Gasteiger partial charge in [-0.05, 0) is 6.92 Å². The van der Waals surface area contributed by atoms with E-state index in [0.29, 0.717) is 0 Å². The number of rotatable bonds is 4. The quantitative estimate of drug-likeness (QED) is 0.309. The summed E-state index contributed by atoms with van der Waals surface area (Å²) >= 11 is 0. The van der Waals surface area contributed by atoms with Crippen molar-refractivity contribution >= 4 is 12.0 Å². The highest BCUT2D eigenvalue weighted by molar-refractivity contribution is 5.87. The largest absolute Gasteiger partial charge is 0.441 e. The zero-order valence-electron chi connectivity index (χ0n) is 7.29. The summed E-state index contributed by atoms with van der Waals surface area (Å²) in [5.74, 6) is -0.579. The molecule has 0 aromatic carbocycles. The summed E-state index contributed by atoms with van der Waals surface area (Å²) < 4.78 is 4.53.